The first-order chi connectivity index (χ1) is 9.18. The van der Waals surface area contributed by atoms with E-state index in [9.17, 15) is 4.79 Å². The molecule has 1 aromatic rings. The van der Waals surface area contributed by atoms with Gasteiger partial charge in [-0.1, -0.05) is 49.4 Å². The molecule has 0 aliphatic heterocycles. The smallest absolute Gasteiger partial charge is 0.303 e. The predicted octanol–water partition coefficient (Wildman–Crippen LogP) is 3.18. The van der Waals surface area contributed by atoms with Crippen LogP contribution in [0.4, 0.5) is 0 Å². The molecule has 3 heteroatoms. The lowest BCUT2D eigenvalue weighted by Gasteiger charge is -2.09. The second-order valence-electron chi connectivity index (χ2n) is 4.84. The molecule has 0 fully saturated rings. The summed E-state index contributed by atoms with van der Waals surface area (Å²) in [6, 6.07) is 10.2. The van der Waals surface area contributed by atoms with Crippen molar-refractivity contribution in [1.29, 1.82) is 0 Å². The maximum atomic E-state index is 10.4. The number of hydrogen-bond acceptors (Lipinski definition) is 2. The molecule has 19 heavy (non-hydrogen) atoms. The van der Waals surface area contributed by atoms with Crippen molar-refractivity contribution < 1.29 is 9.90 Å². The Hall–Kier alpha value is -1.61. The van der Waals surface area contributed by atoms with Crippen LogP contribution in [0.25, 0.3) is 6.08 Å². The Kier molecular flexibility index (Phi) is 7.59. The topological polar surface area (TPSA) is 49.3 Å². The second-order valence-corrected chi connectivity index (χ2v) is 4.84. The van der Waals surface area contributed by atoms with Gasteiger partial charge in [-0.2, -0.15) is 0 Å². The van der Waals surface area contributed by atoms with E-state index in [1.54, 1.807) is 0 Å². The summed E-state index contributed by atoms with van der Waals surface area (Å²) >= 11 is 0. The fourth-order valence-electron chi connectivity index (χ4n) is 1.81. The average Bonchev–Trinajstić information content (AvgIpc) is 2.41. The van der Waals surface area contributed by atoms with Gasteiger partial charge < -0.3 is 10.4 Å². The molecule has 1 atom stereocenters. The molecule has 1 unspecified atom stereocenters. The summed E-state index contributed by atoms with van der Waals surface area (Å²) in [4.78, 5) is 10.4. The Balaban J connectivity index is 2.05. The van der Waals surface area contributed by atoms with Crippen molar-refractivity contribution in [2.24, 2.45) is 5.92 Å². The average molecular weight is 261 g/mol. The van der Waals surface area contributed by atoms with E-state index in [0.717, 1.165) is 25.9 Å². The van der Waals surface area contributed by atoms with Crippen molar-refractivity contribution in [2.45, 2.75) is 26.2 Å². The highest BCUT2D eigenvalue weighted by atomic mass is 16.4. The third kappa shape index (κ3) is 8.16. The molecular weight excluding hydrogens is 238 g/mol. The third-order valence-corrected chi connectivity index (χ3v) is 3.04. The van der Waals surface area contributed by atoms with Crippen LogP contribution in [0.1, 0.15) is 31.7 Å². The van der Waals surface area contributed by atoms with Crippen molar-refractivity contribution in [3.05, 3.63) is 42.0 Å². The van der Waals surface area contributed by atoms with Gasteiger partial charge in [0.25, 0.3) is 0 Å². The van der Waals surface area contributed by atoms with Crippen molar-refractivity contribution in [2.75, 3.05) is 13.1 Å². The number of carboxylic acids is 1. The van der Waals surface area contributed by atoms with Gasteiger partial charge in [-0.05, 0) is 30.9 Å². The minimum Gasteiger partial charge on any atom is -0.481 e. The molecule has 0 aliphatic carbocycles. The monoisotopic (exact) mass is 261 g/mol. The molecule has 1 rings (SSSR count). The van der Waals surface area contributed by atoms with Gasteiger partial charge in [-0.15, -0.1) is 0 Å². The molecule has 1 aromatic carbocycles. The Labute approximate surface area is 115 Å². The van der Waals surface area contributed by atoms with Gasteiger partial charge in [0.15, 0.2) is 0 Å². The standard InChI is InChI=1S/C16H23NO2/c1-14(9-10-16(18)19)11-13-17-12-5-8-15-6-3-2-4-7-15/h2-8,14,17H,9-13H2,1H3,(H,18,19). The van der Waals surface area contributed by atoms with Gasteiger partial charge >= 0.3 is 5.97 Å². The van der Waals surface area contributed by atoms with E-state index in [1.807, 2.05) is 18.2 Å². The highest BCUT2D eigenvalue weighted by molar-refractivity contribution is 5.66. The maximum Gasteiger partial charge on any atom is 0.303 e. The molecule has 0 spiro atoms. The zero-order valence-corrected chi connectivity index (χ0v) is 11.5. The fraction of sp³-hybridized carbons (Fsp3) is 0.438. The van der Waals surface area contributed by atoms with E-state index in [1.165, 1.54) is 5.56 Å². The van der Waals surface area contributed by atoms with Crippen LogP contribution in [0.2, 0.25) is 0 Å². The van der Waals surface area contributed by atoms with Gasteiger partial charge in [0.2, 0.25) is 0 Å². The van der Waals surface area contributed by atoms with E-state index in [2.05, 4.69) is 36.5 Å². The lowest BCUT2D eigenvalue weighted by atomic mass is 10.0. The summed E-state index contributed by atoms with van der Waals surface area (Å²) in [5.41, 5.74) is 1.21. The first-order valence-electron chi connectivity index (χ1n) is 6.82. The number of benzene rings is 1. The molecule has 0 saturated heterocycles. The number of hydrogen-bond donors (Lipinski definition) is 2. The van der Waals surface area contributed by atoms with E-state index < -0.39 is 5.97 Å². The summed E-state index contributed by atoms with van der Waals surface area (Å²) < 4.78 is 0. The number of carbonyl (C=O) groups is 1. The quantitative estimate of drug-likeness (QED) is 0.671. The molecule has 2 N–H and O–H groups in total. The molecule has 0 aromatic heterocycles. The maximum absolute atomic E-state index is 10.4. The van der Waals surface area contributed by atoms with Crippen LogP contribution in [-0.4, -0.2) is 24.2 Å². The molecule has 0 aliphatic rings. The fourth-order valence-corrected chi connectivity index (χ4v) is 1.81. The summed E-state index contributed by atoms with van der Waals surface area (Å²) in [7, 11) is 0. The van der Waals surface area contributed by atoms with Gasteiger partial charge in [0.1, 0.15) is 0 Å². The second kappa shape index (κ2) is 9.34. The van der Waals surface area contributed by atoms with Crippen LogP contribution in [0.5, 0.6) is 0 Å². The molecule has 0 heterocycles. The van der Waals surface area contributed by atoms with Crippen molar-refractivity contribution in [3.8, 4) is 0 Å². The third-order valence-electron chi connectivity index (χ3n) is 3.04. The Morgan fingerprint density at radius 2 is 2.05 bits per heavy atom. The van der Waals surface area contributed by atoms with E-state index in [0.29, 0.717) is 5.92 Å². The van der Waals surface area contributed by atoms with Gasteiger partial charge in [-0.25, -0.2) is 0 Å². The number of carboxylic acid groups (broad SMARTS) is 1. The lowest BCUT2D eigenvalue weighted by molar-refractivity contribution is -0.137. The number of nitrogens with one attached hydrogen (secondary N) is 1. The molecule has 0 amide bonds. The van der Waals surface area contributed by atoms with Crippen LogP contribution in [0, 0.1) is 5.92 Å². The van der Waals surface area contributed by atoms with Gasteiger partial charge in [-0.3, -0.25) is 4.79 Å². The molecule has 104 valence electrons. The van der Waals surface area contributed by atoms with Gasteiger partial charge in [0.05, 0.1) is 0 Å². The van der Waals surface area contributed by atoms with Gasteiger partial charge in [0, 0.05) is 13.0 Å². The van der Waals surface area contributed by atoms with Crippen molar-refractivity contribution in [3.63, 3.8) is 0 Å². The number of aliphatic carboxylic acids is 1. The largest absolute Gasteiger partial charge is 0.481 e. The van der Waals surface area contributed by atoms with E-state index >= 15 is 0 Å². The molecule has 0 radical (unpaired) electrons. The zero-order valence-electron chi connectivity index (χ0n) is 11.5. The SMILES string of the molecule is CC(CCNCC=Cc1ccccc1)CCC(=O)O. The minimum atomic E-state index is -0.703. The number of rotatable bonds is 9. The van der Waals surface area contributed by atoms with Crippen LogP contribution in [-0.2, 0) is 4.79 Å². The van der Waals surface area contributed by atoms with Crippen LogP contribution < -0.4 is 5.32 Å². The van der Waals surface area contributed by atoms with Crippen molar-refractivity contribution in [1.82, 2.24) is 5.32 Å². The van der Waals surface area contributed by atoms with Crippen LogP contribution in [0.3, 0.4) is 0 Å². The Morgan fingerprint density at radius 3 is 2.74 bits per heavy atom. The van der Waals surface area contributed by atoms with Crippen molar-refractivity contribution >= 4 is 12.0 Å². The molecule has 0 bridgehead atoms. The first kappa shape index (κ1) is 15.4. The van der Waals surface area contributed by atoms with Crippen LogP contribution in [0.15, 0.2) is 36.4 Å². The Bertz CT molecular complexity index is 387. The lowest BCUT2D eigenvalue weighted by Crippen LogP contribution is -2.17. The highest BCUT2D eigenvalue weighted by Crippen LogP contribution is 2.09. The van der Waals surface area contributed by atoms with E-state index in [-0.39, 0.29) is 6.42 Å². The predicted molar refractivity (Wildman–Crippen MR) is 79.0 cm³/mol. The highest BCUT2D eigenvalue weighted by Gasteiger charge is 2.04. The molecule has 0 saturated carbocycles. The summed E-state index contributed by atoms with van der Waals surface area (Å²) in [5.74, 6) is -0.243. The zero-order chi connectivity index (χ0) is 13.9. The minimum absolute atomic E-state index is 0.273. The first-order valence-corrected chi connectivity index (χ1v) is 6.82. The Morgan fingerprint density at radius 1 is 1.32 bits per heavy atom. The van der Waals surface area contributed by atoms with E-state index in [4.69, 9.17) is 5.11 Å². The molecule has 3 nitrogen and oxygen atoms in total. The summed E-state index contributed by atoms with van der Waals surface area (Å²) in [6.45, 7) is 3.88. The summed E-state index contributed by atoms with van der Waals surface area (Å²) in [5, 5.41) is 11.9. The normalized spacial score (nSPS) is 12.7. The summed E-state index contributed by atoms with van der Waals surface area (Å²) in [6.07, 6.45) is 6.26. The molecular formula is C16H23NO2. The van der Waals surface area contributed by atoms with Crippen LogP contribution >= 0.6 is 0 Å².